The number of carboxylic acid groups (broad SMARTS) is 1. The molecule has 0 aliphatic carbocycles. The highest BCUT2D eigenvalue weighted by molar-refractivity contribution is 5.97. The lowest BCUT2D eigenvalue weighted by Gasteiger charge is -1.99. The fourth-order valence-corrected chi connectivity index (χ4v) is 2.47. The van der Waals surface area contributed by atoms with Crippen molar-refractivity contribution in [2.75, 3.05) is 0 Å². The monoisotopic (exact) mass is 356 g/mol. The van der Waals surface area contributed by atoms with E-state index in [1.54, 1.807) is 19.1 Å². The number of nitrogens with one attached hydrogen (secondary N) is 1. The van der Waals surface area contributed by atoms with Crippen molar-refractivity contribution in [1.29, 1.82) is 0 Å². The number of hydrogen-bond donors (Lipinski definition) is 2. The molecule has 6 heteroatoms. The summed E-state index contributed by atoms with van der Waals surface area (Å²) in [6.45, 7) is 1.54. The molecule has 0 bridgehead atoms. The van der Waals surface area contributed by atoms with Gasteiger partial charge in [-0.3, -0.25) is 4.79 Å². The molecule has 0 amide bonds. The third-order valence-electron chi connectivity index (χ3n) is 3.71. The minimum Gasteiger partial charge on any atom is -0.478 e. The van der Waals surface area contributed by atoms with Gasteiger partial charge < -0.3 is 10.1 Å². The largest absolute Gasteiger partial charge is 0.478 e. The smallest absolute Gasteiger partial charge is 0.328 e. The van der Waals surface area contributed by atoms with Crippen LogP contribution >= 0.6 is 12.4 Å². The number of carboxylic acids is 1. The van der Waals surface area contributed by atoms with Crippen molar-refractivity contribution >= 4 is 41.3 Å². The van der Waals surface area contributed by atoms with E-state index in [4.69, 9.17) is 5.11 Å². The van der Waals surface area contributed by atoms with Crippen molar-refractivity contribution in [3.05, 3.63) is 71.1 Å². The van der Waals surface area contributed by atoms with Crippen LogP contribution in [0.15, 0.2) is 48.5 Å². The Morgan fingerprint density at radius 1 is 1.16 bits per heavy atom. The van der Waals surface area contributed by atoms with Crippen LogP contribution in [0.25, 0.3) is 17.1 Å². The second-order valence-electron chi connectivity index (χ2n) is 5.56. The van der Waals surface area contributed by atoms with Crippen LogP contribution in [-0.4, -0.2) is 26.8 Å². The first-order chi connectivity index (χ1) is 11.5. The zero-order valence-corrected chi connectivity index (χ0v) is 14.3. The molecule has 1 aromatic heterocycles. The number of benzene rings is 2. The predicted octanol–water partition coefficient (Wildman–Crippen LogP) is 3.88. The molecule has 25 heavy (non-hydrogen) atoms. The van der Waals surface area contributed by atoms with Crippen molar-refractivity contribution < 1.29 is 14.7 Å². The molecule has 2 aromatic carbocycles. The average molecular weight is 357 g/mol. The Morgan fingerprint density at radius 2 is 1.88 bits per heavy atom. The molecule has 3 rings (SSSR count). The molecule has 0 radical (unpaired) electrons. The molecule has 0 aliphatic rings. The molecule has 0 saturated carbocycles. The highest BCUT2D eigenvalue weighted by Gasteiger charge is 2.06. The number of hydrogen-bond acceptors (Lipinski definition) is 3. The third-order valence-corrected chi connectivity index (χ3v) is 3.71. The van der Waals surface area contributed by atoms with Crippen molar-refractivity contribution in [3.63, 3.8) is 0 Å². The van der Waals surface area contributed by atoms with Gasteiger partial charge in [-0.15, -0.1) is 12.4 Å². The second-order valence-corrected chi connectivity index (χ2v) is 5.56. The van der Waals surface area contributed by atoms with Gasteiger partial charge in [-0.05, 0) is 42.3 Å². The standard InChI is InChI=1S/C19H16N2O3.ClH/c1-12(22)15-7-8-16-17(11-15)21-18(20-16)10-14-4-2-13(3-5-14)6-9-19(23)24;/h2-9,11H,10H2,1H3,(H,20,21)(H,23,24);1H/b9-6+;. The van der Waals surface area contributed by atoms with E-state index in [2.05, 4.69) is 9.97 Å². The highest BCUT2D eigenvalue weighted by Crippen LogP contribution is 2.17. The van der Waals surface area contributed by atoms with Crippen molar-refractivity contribution in [2.24, 2.45) is 0 Å². The number of imidazole rings is 1. The van der Waals surface area contributed by atoms with Crippen molar-refractivity contribution in [2.45, 2.75) is 13.3 Å². The topological polar surface area (TPSA) is 83.1 Å². The number of halogens is 1. The molecule has 1 heterocycles. The molecule has 0 saturated heterocycles. The van der Waals surface area contributed by atoms with Gasteiger partial charge in [0, 0.05) is 18.1 Å². The van der Waals surface area contributed by atoms with Crippen LogP contribution in [0, 0.1) is 0 Å². The van der Waals surface area contributed by atoms with Gasteiger partial charge in [-0.25, -0.2) is 9.78 Å². The summed E-state index contributed by atoms with van der Waals surface area (Å²) in [6.07, 6.45) is 3.30. The molecule has 0 unspecified atom stereocenters. The SMILES string of the molecule is CC(=O)c1ccc2nc(Cc3ccc(/C=C/C(=O)O)cc3)[nH]c2c1.Cl. The van der Waals surface area contributed by atoms with Crippen LogP contribution in [0.1, 0.15) is 34.2 Å². The normalized spacial score (nSPS) is 10.8. The van der Waals surface area contributed by atoms with Crippen LogP contribution in [0.4, 0.5) is 0 Å². The summed E-state index contributed by atoms with van der Waals surface area (Å²) < 4.78 is 0. The Morgan fingerprint density at radius 3 is 2.52 bits per heavy atom. The Balaban J connectivity index is 0.00000225. The first-order valence-corrected chi connectivity index (χ1v) is 7.51. The van der Waals surface area contributed by atoms with E-state index < -0.39 is 5.97 Å². The molecule has 0 aliphatic heterocycles. The lowest BCUT2D eigenvalue weighted by molar-refractivity contribution is -0.131. The average Bonchev–Trinajstić information content (AvgIpc) is 2.95. The van der Waals surface area contributed by atoms with Crippen molar-refractivity contribution in [3.8, 4) is 0 Å². The van der Waals surface area contributed by atoms with Gasteiger partial charge in [0.2, 0.25) is 0 Å². The van der Waals surface area contributed by atoms with Gasteiger partial charge in [0.25, 0.3) is 0 Å². The number of aliphatic carboxylic acids is 1. The summed E-state index contributed by atoms with van der Waals surface area (Å²) in [4.78, 5) is 29.7. The fourth-order valence-electron chi connectivity index (χ4n) is 2.47. The first kappa shape index (κ1) is 18.4. The minimum absolute atomic E-state index is 0. The van der Waals surface area contributed by atoms with Gasteiger partial charge in [0.1, 0.15) is 5.82 Å². The summed E-state index contributed by atoms with van der Waals surface area (Å²) >= 11 is 0. The van der Waals surface area contributed by atoms with E-state index in [0.29, 0.717) is 12.0 Å². The van der Waals surface area contributed by atoms with Crippen LogP contribution < -0.4 is 0 Å². The number of ketones is 1. The molecule has 3 aromatic rings. The van der Waals surface area contributed by atoms with Gasteiger partial charge in [0.05, 0.1) is 11.0 Å². The van der Waals surface area contributed by atoms with E-state index in [-0.39, 0.29) is 18.2 Å². The molecule has 0 fully saturated rings. The molecule has 0 spiro atoms. The maximum absolute atomic E-state index is 11.4. The van der Waals surface area contributed by atoms with Crippen LogP contribution in [-0.2, 0) is 11.2 Å². The van der Waals surface area contributed by atoms with Crippen LogP contribution in [0.2, 0.25) is 0 Å². The number of aromatic amines is 1. The molecular weight excluding hydrogens is 340 g/mol. The van der Waals surface area contributed by atoms with E-state index in [0.717, 1.165) is 34.1 Å². The van der Waals surface area contributed by atoms with Gasteiger partial charge >= 0.3 is 5.97 Å². The summed E-state index contributed by atoms with van der Waals surface area (Å²) in [5.41, 5.74) is 4.23. The molecule has 2 N–H and O–H groups in total. The number of carbonyl (C=O) groups excluding carboxylic acids is 1. The number of fused-ring (bicyclic) bond motifs is 1. The fraction of sp³-hybridized carbons (Fsp3) is 0.105. The van der Waals surface area contributed by atoms with Crippen LogP contribution in [0.3, 0.4) is 0 Å². The van der Waals surface area contributed by atoms with E-state index in [9.17, 15) is 9.59 Å². The molecule has 0 atom stereocenters. The maximum atomic E-state index is 11.4. The second kappa shape index (κ2) is 7.77. The highest BCUT2D eigenvalue weighted by atomic mass is 35.5. The van der Waals surface area contributed by atoms with E-state index in [1.807, 2.05) is 36.4 Å². The summed E-state index contributed by atoms with van der Waals surface area (Å²) in [7, 11) is 0. The number of rotatable bonds is 5. The quantitative estimate of drug-likeness (QED) is 0.537. The Labute approximate surface area is 150 Å². The number of nitrogens with zero attached hydrogens (tertiary/aromatic N) is 1. The molecular formula is C19H17ClN2O3. The van der Waals surface area contributed by atoms with E-state index >= 15 is 0 Å². The Bertz CT molecular complexity index is 943. The maximum Gasteiger partial charge on any atom is 0.328 e. The van der Waals surface area contributed by atoms with Crippen LogP contribution in [0.5, 0.6) is 0 Å². The zero-order chi connectivity index (χ0) is 17.1. The number of carbonyl (C=O) groups is 2. The number of Topliss-reactive ketones (excluding diaryl/α,β-unsaturated/α-hetero) is 1. The van der Waals surface area contributed by atoms with Gasteiger partial charge in [0.15, 0.2) is 5.78 Å². The summed E-state index contributed by atoms with van der Waals surface area (Å²) in [5.74, 6) is -0.121. The summed E-state index contributed by atoms with van der Waals surface area (Å²) in [6, 6.07) is 13.0. The third kappa shape index (κ3) is 4.55. The summed E-state index contributed by atoms with van der Waals surface area (Å²) in [5, 5.41) is 8.63. The molecule has 128 valence electrons. The molecule has 5 nitrogen and oxygen atoms in total. The zero-order valence-electron chi connectivity index (χ0n) is 13.5. The Hall–Kier alpha value is -2.92. The Kier molecular flexibility index (Phi) is 5.72. The van der Waals surface area contributed by atoms with Gasteiger partial charge in [-0.2, -0.15) is 0 Å². The van der Waals surface area contributed by atoms with Gasteiger partial charge in [-0.1, -0.05) is 24.3 Å². The number of H-pyrrole nitrogens is 1. The first-order valence-electron chi connectivity index (χ1n) is 7.51. The predicted molar refractivity (Wildman–Crippen MR) is 99.3 cm³/mol. The number of aromatic nitrogens is 2. The van der Waals surface area contributed by atoms with E-state index in [1.165, 1.54) is 0 Å². The van der Waals surface area contributed by atoms with Crippen molar-refractivity contribution in [1.82, 2.24) is 9.97 Å². The lowest BCUT2D eigenvalue weighted by Crippen LogP contribution is -1.91. The lowest BCUT2D eigenvalue weighted by atomic mass is 10.1. The minimum atomic E-state index is -0.966.